The SMILES string of the molecule is CC(C)N1CCCC(N(CC2CCCCN2)C(C)C)CC1. The summed E-state index contributed by atoms with van der Waals surface area (Å²) < 4.78 is 0. The Morgan fingerprint density at radius 1 is 1.00 bits per heavy atom. The van der Waals surface area contributed by atoms with Crippen molar-refractivity contribution in [3.05, 3.63) is 0 Å². The van der Waals surface area contributed by atoms with E-state index < -0.39 is 0 Å². The third-order valence-electron chi connectivity index (χ3n) is 5.44. The van der Waals surface area contributed by atoms with Gasteiger partial charge in [-0.05, 0) is 79.4 Å². The second kappa shape index (κ2) is 8.50. The molecular formula is C18H37N3. The Balaban J connectivity index is 1.90. The molecule has 2 aliphatic rings. The van der Waals surface area contributed by atoms with Crippen molar-refractivity contribution in [2.75, 3.05) is 26.2 Å². The third-order valence-corrected chi connectivity index (χ3v) is 5.44. The van der Waals surface area contributed by atoms with Gasteiger partial charge in [0.15, 0.2) is 0 Å². The van der Waals surface area contributed by atoms with Crippen LogP contribution in [-0.2, 0) is 0 Å². The number of likely N-dealkylation sites (tertiary alicyclic amines) is 1. The van der Waals surface area contributed by atoms with E-state index in [2.05, 4.69) is 42.8 Å². The molecule has 21 heavy (non-hydrogen) atoms. The Bertz CT molecular complexity index is 284. The molecule has 2 aliphatic heterocycles. The standard InChI is InChI=1S/C18H37N3/c1-15(2)20-12-7-9-18(10-13-20)21(16(3)4)14-17-8-5-6-11-19-17/h15-19H,5-14H2,1-4H3. The lowest BCUT2D eigenvalue weighted by molar-refractivity contribution is 0.115. The van der Waals surface area contributed by atoms with Crippen molar-refractivity contribution >= 4 is 0 Å². The van der Waals surface area contributed by atoms with Gasteiger partial charge in [0.05, 0.1) is 0 Å². The van der Waals surface area contributed by atoms with E-state index in [0.29, 0.717) is 12.1 Å². The van der Waals surface area contributed by atoms with Crippen LogP contribution >= 0.6 is 0 Å². The molecule has 2 atom stereocenters. The van der Waals surface area contributed by atoms with Crippen LogP contribution < -0.4 is 5.32 Å². The topological polar surface area (TPSA) is 18.5 Å². The molecule has 0 aromatic carbocycles. The van der Waals surface area contributed by atoms with Gasteiger partial charge in [-0.25, -0.2) is 0 Å². The van der Waals surface area contributed by atoms with E-state index in [-0.39, 0.29) is 0 Å². The van der Waals surface area contributed by atoms with Crippen LogP contribution in [0.4, 0.5) is 0 Å². The van der Waals surface area contributed by atoms with Crippen LogP contribution in [0, 0.1) is 0 Å². The minimum absolute atomic E-state index is 0.671. The molecule has 0 saturated carbocycles. The predicted molar refractivity (Wildman–Crippen MR) is 91.8 cm³/mol. The molecule has 0 amide bonds. The molecule has 0 aromatic rings. The first-order valence-corrected chi connectivity index (χ1v) is 9.31. The maximum Gasteiger partial charge on any atom is 0.0195 e. The van der Waals surface area contributed by atoms with Crippen molar-refractivity contribution in [3.8, 4) is 0 Å². The van der Waals surface area contributed by atoms with E-state index in [1.807, 2.05) is 0 Å². The lowest BCUT2D eigenvalue weighted by Crippen LogP contribution is -2.50. The highest BCUT2D eigenvalue weighted by atomic mass is 15.2. The highest BCUT2D eigenvalue weighted by Crippen LogP contribution is 2.22. The molecule has 2 rings (SSSR count). The second-order valence-electron chi connectivity index (χ2n) is 7.65. The summed E-state index contributed by atoms with van der Waals surface area (Å²) in [6, 6.07) is 2.89. The van der Waals surface area contributed by atoms with E-state index in [9.17, 15) is 0 Å². The highest BCUT2D eigenvalue weighted by molar-refractivity contribution is 4.85. The second-order valence-corrected chi connectivity index (χ2v) is 7.65. The maximum atomic E-state index is 3.73. The quantitative estimate of drug-likeness (QED) is 0.841. The number of nitrogens with zero attached hydrogens (tertiary/aromatic N) is 2. The Kier molecular flexibility index (Phi) is 6.97. The van der Waals surface area contributed by atoms with Gasteiger partial charge in [0, 0.05) is 30.7 Å². The normalized spacial score (nSPS) is 29.3. The van der Waals surface area contributed by atoms with Crippen LogP contribution in [0.3, 0.4) is 0 Å². The van der Waals surface area contributed by atoms with Gasteiger partial charge in [0.25, 0.3) is 0 Å². The zero-order valence-electron chi connectivity index (χ0n) is 14.8. The van der Waals surface area contributed by atoms with Crippen LogP contribution in [0.5, 0.6) is 0 Å². The number of hydrogen-bond donors (Lipinski definition) is 1. The van der Waals surface area contributed by atoms with Crippen LogP contribution in [0.2, 0.25) is 0 Å². The number of nitrogens with one attached hydrogen (secondary N) is 1. The van der Waals surface area contributed by atoms with Crippen molar-refractivity contribution in [1.82, 2.24) is 15.1 Å². The summed E-state index contributed by atoms with van der Waals surface area (Å²) >= 11 is 0. The van der Waals surface area contributed by atoms with Crippen molar-refractivity contribution in [2.24, 2.45) is 0 Å². The fraction of sp³-hybridized carbons (Fsp3) is 1.00. The van der Waals surface area contributed by atoms with Crippen LogP contribution in [-0.4, -0.2) is 60.1 Å². The van der Waals surface area contributed by atoms with Crippen molar-refractivity contribution in [2.45, 2.75) is 90.4 Å². The third kappa shape index (κ3) is 5.22. The van der Waals surface area contributed by atoms with E-state index in [1.165, 1.54) is 64.7 Å². The molecule has 3 nitrogen and oxygen atoms in total. The summed E-state index contributed by atoms with van der Waals surface area (Å²) in [6.07, 6.45) is 8.25. The zero-order valence-corrected chi connectivity index (χ0v) is 14.8. The Morgan fingerprint density at radius 3 is 2.43 bits per heavy atom. The summed E-state index contributed by atoms with van der Waals surface area (Å²) in [7, 11) is 0. The molecule has 2 fully saturated rings. The van der Waals surface area contributed by atoms with Crippen LogP contribution in [0.15, 0.2) is 0 Å². The average molecular weight is 296 g/mol. The number of piperidine rings is 1. The first-order chi connectivity index (χ1) is 10.1. The molecule has 2 heterocycles. The van der Waals surface area contributed by atoms with E-state index in [0.717, 1.165) is 12.1 Å². The predicted octanol–water partition coefficient (Wildman–Crippen LogP) is 3.10. The average Bonchev–Trinajstić information content (AvgIpc) is 2.71. The summed E-state index contributed by atoms with van der Waals surface area (Å²) in [5, 5.41) is 3.73. The summed E-state index contributed by atoms with van der Waals surface area (Å²) in [4.78, 5) is 5.46. The van der Waals surface area contributed by atoms with Gasteiger partial charge in [-0.3, -0.25) is 4.90 Å². The highest BCUT2D eigenvalue weighted by Gasteiger charge is 2.27. The minimum Gasteiger partial charge on any atom is -0.313 e. The van der Waals surface area contributed by atoms with Crippen molar-refractivity contribution in [3.63, 3.8) is 0 Å². The number of rotatable bonds is 5. The molecule has 0 radical (unpaired) electrons. The van der Waals surface area contributed by atoms with Crippen LogP contribution in [0.1, 0.15) is 66.2 Å². The first-order valence-electron chi connectivity index (χ1n) is 9.31. The van der Waals surface area contributed by atoms with Crippen molar-refractivity contribution in [1.29, 1.82) is 0 Å². The van der Waals surface area contributed by atoms with Gasteiger partial charge in [-0.15, -0.1) is 0 Å². The lowest BCUT2D eigenvalue weighted by atomic mass is 10.0. The summed E-state index contributed by atoms with van der Waals surface area (Å²) in [5.41, 5.74) is 0. The molecule has 124 valence electrons. The van der Waals surface area contributed by atoms with Gasteiger partial charge < -0.3 is 10.2 Å². The molecule has 0 aliphatic carbocycles. The molecule has 0 bridgehead atoms. The smallest absolute Gasteiger partial charge is 0.0195 e. The molecule has 0 spiro atoms. The molecule has 3 heteroatoms. The van der Waals surface area contributed by atoms with Crippen LogP contribution in [0.25, 0.3) is 0 Å². The Labute approximate surface area is 132 Å². The fourth-order valence-electron chi connectivity index (χ4n) is 4.06. The Hall–Kier alpha value is -0.120. The van der Waals surface area contributed by atoms with Gasteiger partial charge >= 0.3 is 0 Å². The molecule has 2 unspecified atom stereocenters. The fourth-order valence-corrected chi connectivity index (χ4v) is 4.06. The van der Waals surface area contributed by atoms with Gasteiger partial charge in [0.2, 0.25) is 0 Å². The lowest BCUT2D eigenvalue weighted by Gasteiger charge is -2.38. The van der Waals surface area contributed by atoms with E-state index in [4.69, 9.17) is 0 Å². The molecule has 1 N–H and O–H groups in total. The Morgan fingerprint density at radius 2 is 1.81 bits per heavy atom. The zero-order chi connectivity index (χ0) is 15.2. The van der Waals surface area contributed by atoms with Gasteiger partial charge in [-0.1, -0.05) is 6.42 Å². The van der Waals surface area contributed by atoms with E-state index in [1.54, 1.807) is 0 Å². The molecule has 0 aromatic heterocycles. The maximum absolute atomic E-state index is 3.73. The molecular weight excluding hydrogens is 258 g/mol. The number of hydrogen-bond acceptors (Lipinski definition) is 3. The largest absolute Gasteiger partial charge is 0.313 e. The monoisotopic (exact) mass is 295 g/mol. The van der Waals surface area contributed by atoms with E-state index >= 15 is 0 Å². The van der Waals surface area contributed by atoms with Gasteiger partial charge in [-0.2, -0.15) is 0 Å². The summed E-state index contributed by atoms with van der Waals surface area (Å²) in [5.74, 6) is 0. The summed E-state index contributed by atoms with van der Waals surface area (Å²) in [6.45, 7) is 14.5. The minimum atomic E-state index is 0.671. The van der Waals surface area contributed by atoms with Crippen molar-refractivity contribution < 1.29 is 0 Å². The molecule has 2 saturated heterocycles. The first kappa shape index (κ1) is 17.2. The van der Waals surface area contributed by atoms with Gasteiger partial charge in [0.1, 0.15) is 0 Å².